The monoisotopic (exact) mass is 264 g/mol. The fourth-order valence-corrected chi connectivity index (χ4v) is 2.00. The van der Waals surface area contributed by atoms with Crippen molar-refractivity contribution >= 4 is 6.09 Å². The van der Waals surface area contributed by atoms with Crippen molar-refractivity contribution < 1.29 is 14.3 Å². The van der Waals surface area contributed by atoms with Crippen molar-refractivity contribution in [2.75, 3.05) is 20.2 Å². The van der Waals surface area contributed by atoms with Gasteiger partial charge >= 0.3 is 6.09 Å². The van der Waals surface area contributed by atoms with Crippen molar-refractivity contribution in [2.24, 2.45) is 0 Å². The van der Waals surface area contributed by atoms with Gasteiger partial charge in [-0.1, -0.05) is 17.7 Å². The minimum Gasteiger partial charge on any atom is -0.489 e. The number of aryl methyl sites for hydroxylation is 1. The summed E-state index contributed by atoms with van der Waals surface area (Å²) in [6, 6.07) is 6.29. The number of amides is 1. The normalized spacial score (nSPS) is 19.7. The van der Waals surface area contributed by atoms with E-state index in [-0.39, 0.29) is 18.2 Å². The lowest BCUT2D eigenvalue weighted by Gasteiger charge is -2.18. The zero-order valence-electron chi connectivity index (χ0n) is 11.5. The van der Waals surface area contributed by atoms with E-state index in [1.54, 1.807) is 0 Å². The highest BCUT2D eigenvalue weighted by Gasteiger charge is 2.23. The smallest absolute Gasteiger partial charge is 0.407 e. The molecule has 1 aliphatic rings. The van der Waals surface area contributed by atoms with E-state index in [0.29, 0.717) is 13.2 Å². The molecule has 1 fully saturated rings. The van der Waals surface area contributed by atoms with Gasteiger partial charge in [0.15, 0.2) is 6.10 Å². The third-order valence-electron chi connectivity index (χ3n) is 3.24. The van der Waals surface area contributed by atoms with Gasteiger partial charge in [-0.15, -0.1) is 0 Å². The van der Waals surface area contributed by atoms with Gasteiger partial charge in [-0.3, -0.25) is 0 Å². The molecule has 0 aliphatic carbocycles. The molecule has 5 heteroatoms. The molecule has 1 amide bonds. The predicted octanol–water partition coefficient (Wildman–Crippen LogP) is 1.76. The third-order valence-corrected chi connectivity index (χ3v) is 3.24. The van der Waals surface area contributed by atoms with E-state index >= 15 is 0 Å². The second-order valence-electron chi connectivity index (χ2n) is 4.77. The number of carbonyl (C=O) groups is 1. The van der Waals surface area contributed by atoms with Crippen LogP contribution >= 0.6 is 0 Å². The number of hydrogen-bond donors (Lipinski definition) is 2. The Hall–Kier alpha value is -1.75. The van der Waals surface area contributed by atoms with Crippen molar-refractivity contribution in [3.8, 4) is 5.75 Å². The molecule has 2 unspecified atom stereocenters. The van der Waals surface area contributed by atoms with Gasteiger partial charge in [-0.2, -0.15) is 0 Å². The van der Waals surface area contributed by atoms with Crippen molar-refractivity contribution in [3.05, 3.63) is 29.3 Å². The molecular formula is C14H20N2O3. The van der Waals surface area contributed by atoms with E-state index in [2.05, 4.69) is 30.5 Å². The molecule has 1 aromatic rings. The summed E-state index contributed by atoms with van der Waals surface area (Å²) in [6.07, 6.45) is -0.590. The number of rotatable bonds is 5. The quantitative estimate of drug-likeness (QED) is 0.851. The number of alkyl carbamates (subject to hydrolysis) is 1. The molecule has 0 radical (unpaired) electrons. The van der Waals surface area contributed by atoms with Crippen LogP contribution in [0.4, 0.5) is 4.79 Å². The van der Waals surface area contributed by atoms with Gasteiger partial charge in [0.25, 0.3) is 0 Å². The second kappa shape index (κ2) is 5.93. The molecule has 2 N–H and O–H groups in total. The number of benzene rings is 1. The van der Waals surface area contributed by atoms with Crippen LogP contribution in [0.5, 0.6) is 5.75 Å². The van der Waals surface area contributed by atoms with E-state index in [0.717, 1.165) is 11.3 Å². The van der Waals surface area contributed by atoms with E-state index in [1.165, 1.54) is 5.56 Å². The van der Waals surface area contributed by atoms with Gasteiger partial charge in [-0.05, 0) is 27.0 Å². The highest BCUT2D eigenvalue weighted by atomic mass is 16.6. The Kier molecular flexibility index (Phi) is 4.27. The van der Waals surface area contributed by atoms with Crippen LogP contribution in [0.1, 0.15) is 24.1 Å². The van der Waals surface area contributed by atoms with Crippen molar-refractivity contribution in [3.63, 3.8) is 0 Å². The first-order chi connectivity index (χ1) is 9.10. The van der Waals surface area contributed by atoms with Gasteiger partial charge in [0.2, 0.25) is 0 Å². The standard InChI is InChI=1S/C14H20N2O3/c1-9-4-5-13(12(6-9)10(2)15-3)18-8-11-7-16-14(17)19-11/h4-6,10-11,15H,7-8H2,1-3H3,(H,16,17). The largest absolute Gasteiger partial charge is 0.489 e. The maximum absolute atomic E-state index is 10.9. The molecule has 1 aromatic carbocycles. The zero-order valence-corrected chi connectivity index (χ0v) is 11.5. The van der Waals surface area contributed by atoms with Crippen LogP contribution in [-0.2, 0) is 4.74 Å². The van der Waals surface area contributed by atoms with Crippen molar-refractivity contribution in [1.29, 1.82) is 0 Å². The molecule has 19 heavy (non-hydrogen) atoms. The summed E-state index contributed by atoms with van der Waals surface area (Å²) >= 11 is 0. The Balaban J connectivity index is 2.04. The summed E-state index contributed by atoms with van der Waals surface area (Å²) in [5.41, 5.74) is 2.30. The van der Waals surface area contributed by atoms with Crippen LogP contribution < -0.4 is 15.4 Å². The number of carbonyl (C=O) groups excluding carboxylic acids is 1. The Labute approximate surface area is 113 Å². The number of cyclic esters (lactones) is 1. The average molecular weight is 264 g/mol. The molecule has 0 saturated carbocycles. The summed E-state index contributed by atoms with van der Waals surface area (Å²) in [5, 5.41) is 5.82. The minimum absolute atomic E-state index is 0.208. The predicted molar refractivity (Wildman–Crippen MR) is 72.4 cm³/mol. The number of ether oxygens (including phenoxy) is 2. The lowest BCUT2D eigenvalue weighted by Crippen LogP contribution is -2.23. The molecule has 2 rings (SSSR count). The van der Waals surface area contributed by atoms with Crippen molar-refractivity contribution in [2.45, 2.75) is 26.0 Å². The lowest BCUT2D eigenvalue weighted by atomic mass is 10.0. The fourth-order valence-electron chi connectivity index (χ4n) is 2.00. The Bertz CT molecular complexity index is 462. The first-order valence-electron chi connectivity index (χ1n) is 6.45. The van der Waals surface area contributed by atoms with Gasteiger partial charge in [0.1, 0.15) is 12.4 Å². The highest BCUT2D eigenvalue weighted by Crippen LogP contribution is 2.26. The zero-order chi connectivity index (χ0) is 13.8. The Morgan fingerprint density at radius 1 is 1.58 bits per heavy atom. The molecule has 0 bridgehead atoms. The molecule has 0 aromatic heterocycles. The molecule has 1 saturated heterocycles. The first-order valence-corrected chi connectivity index (χ1v) is 6.45. The Morgan fingerprint density at radius 2 is 2.37 bits per heavy atom. The van der Waals surface area contributed by atoms with Gasteiger partial charge < -0.3 is 20.1 Å². The van der Waals surface area contributed by atoms with E-state index in [1.807, 2.05) is 19.2 Å². The van der Waals surface area contributed by atoms with Crippen LogP contribution in [0.3, 0.4) is 0 Å². The molecule has 0 spiro atoms. The van der Waals surface area contributed by atoms with Crippen LogP contribution in [0.15, 0.2) is 18.2 Å². The highest BCUT2D eigenvalue weighted by molar-refractivity contribution is 5.69. The maximum atomic E-state index is 10.9. The van der Waals surface area contributed by atoms with Gasteiger partial charge in [-0.25, -0.2) is 4.79 Å². The van der Waals surface area contributed by atoms with Crippen LogP contribution in [-0.4, -0.2) is 32.4 Å². The molecule has 5 nitrogen and oxygen atoms in total. The Morgan fingerprint density at radius 3 is 3.00 bits per heavy atom. The van der Waals surface area contributed by atoms with Gasteiger partial charge in [0.05, 0.1) is 6.54 Å². The topological polar surface area (TPSA) is 59.6 Å². The molecule has 2 atom stereocenters. The summed E-state index contributed by atoms with van der Waals surface area (Å²) in [5.74, 6) is 0.829. The van der Waals surface area contributed by atoms with Crippen LogP contribution in [0.25, 0.3) is 0 Å². The van der Waals surface area contributed by atoms with Crippen molar-refractivity contribution in [1.82, 2.24) is 10.6 Å². The van der Waals surface area contributed by atoms with Crippen LogP contribution in [0, 0.1) is 6.92 Å². The number of hydrogen-bond acceptors (Lipinski definition) is 4. The third kappa shape index (κ3) is 3.38. The lowest BCUT2D eigenvalue weighted by molar-refractivity contribution is 0.104. The summed E-state index contributed by atoms with van der Waals surface area (Å²) in [6.45, 7) is 5.00. The molecule has 1 aliphatic heterocycles. The maximum Gasteiger partial charge on any atom is 0.407 e. The molecular weight excluding hydrogens is 244 g/mol. The molecule has 1 heterocycles. The first kappa shape index (κ1) is 13.7. The second-order valence-corrected chi connectivity index (χ2v) is 4.77. The minimum atomic E-state index is -0.374. The fraction of sp³-hybridized carbons (Fsp3) is 0.500. The number of nitrogens with one attached hydrogen (secondary N) is 2. The SMILES string of the molecule is CNC(C)c1cc(C)ccc1OCC1CNC(=O)O1. The van der Waals surface area contributed by atoms with E-state index < -0.39 is 0 Å². The summed E-state index contributed by atoms with van der Waals surface area (Å²) < 4.78 is 10.8. The summed E-state index contributed by atoms with van der Waals surface area (Å²) in [4.78, 5) is 10.9. The van der Waals surface area contributed by atoms with Crippen LogP contribution in [0.2, 0.25) is 0 Å². The van der Waals surface area contributed by atoms with Gasteiger partial charge in [0, 0.05) is 11.6 Å². The van der Waals surface area contributed by atoms with E-state index in [4.69, 9.17) is 9.47 Å². The molecule has 104 valence electrons. The van der Waals surface area contributed by atoms with E-state index in [9.17, 15) is 4.79 Å². The summed E-state index contributed by atoms with van der Waals surface area (Å²) in [7, 11) is 1.92. The average Bonchev–Trinajstić information content (AvgIpc) is 2.82.